The maximum absolute atomic E-state index is 5.69. The summed E-state index contributed by atoms with van der Waals surface area (Å²) >= 11 is 0. The number of para-hydroxylation sites is 1. The Morgan fingerprint density at radius 2 is 1.74 bits per heavy atom. The van der Waals surface area contributed by atoms with Crippen molar-refractivity contribution in [2.24, 2.45) is 0 Å². The molecule has 0 aliphatic heterocycles. The molecule has 1 unspecified atom stereocenters. The van der Waals surface area contributed by atoms with Crippen LogP contribution in [-0.2, 0) is 0 Å². The highest BCUT2D eigenvalue weighted by molar-refractivity contribution is 5.37. The molecule has 2 aromatic rings. The molecule has 0 spiro atoms. The van der Waals surface area contributed by atoms with Crippen molar-refractivity contribution in [1.29, 1.82) is 0 Å². The van der Waals surface area contributed by atoms with E-state index in [0.717, 1.165) is 5.75 Å². The monoisotopic (exact) mass is 258 g/mol. The Kier molecular flexibility index (Phi) is 4.15. The van der Waals surface area contributed by atoms with Gasteiger partial charge in [-0.2, -0.15) is 0 Å². The van der Waals surface area contributed by atoms with E-state index in [9.17, 15) is 0 Å². The summed E-state index contributed by atoms with van der Waals surface area (Å²) in [6.45, 7) is 9.04. The van der Waals surface area contributed by atoms with E-state index in [0.29, 0.717) is 6.61 Å². The van der Waals surface area contributed by atoms with Crippen LogP contribution in [0.4, 0.5) is 0 Å². The molecule has 0 radical (unpaired) electrons. The Bertz CT molecular complexity index is 526. The van der Waals surface area contributed by atoms with Crippen LogP contribution in [0.5, 0.6) is 5.75 Å². The molecule has 2 rings (SSSR count). The highest BCUT2D eigenvalue weighted by Crippen LogP contribution is 2.26. The average molecular weight is 258 g/mol. The van der Waals surface area contributed by atoms with E-state index in [2.05, 4.69) is 49.1 Å². The second-order valence-electron chi connectivity index (χ2n) is 4.77. The van der Waals surface area contributed by atoms with Gasteiger partial charge < -0.3 is 10.2 Å². The van der Waals surface area contributed by atoms with Gasteiger partial charge in [-0.1, -0.05) is 18.2 Å². The molecule has 3 heteroatoms. The molecule has 1 N–H and O–H groups in total. The molecule has 1 atom stereocenters. The first-order valence-corrected chi connectivity index (χ1v) is 6.76. The van der Waals surface area contributed by atoms with E-state index in [-0.39, 0.29) is 6.04 Å². The Morgan fingerprint density at radius 3 is 2.37 bits per heavy atom. The topological polar surface area (TPSA) is 26.2 Å². The lowest BCUT2D eigenvalue weighted by Crippen LogP contribution is -2.21. The molecule has 1 aromatic heterocycles. The van der Waals surface area contributed by atoms with Crippen LogP contribution < -0.4 is 10.2 Å². The van der Waals surface area contributed by atoms with Crippen molar-refractivity contribution in [3.63, 3.8) is 0 Å². The van der Waals surface area contributed by atoms with E-state index in [1.54, 1.807) is 0 Å². The summed E-state index contributed by atoms with van der Waals surface area (Å²) in [7, 11) is 0. The van der Waals surface area contributed by atoms with Gasteiger partial charge in [0, 0.05) is 17.0 Å². The first kappa shape index (κ1) is 13.5. The molecule has 3 nitrogen and oxygen atoms in total. The van der Waals surface area contributed by atoms with Gasteiger partial charge >= 0.3 is 0 Å². The summed E-state index contributed by atoms with van der Waals surface area (Å²) in [5.41, 5.74) is 7.10. The number of ether oxygens (including phenoxy) is 1. The van der Waals surface area contributed by atoms with Crippen molar-refractivity contribution < 1.29 is 4.74 Å². The van der Waals surface area contributed by atoms with Crippen molar-refractivity contribution in [3.05, 3.63) is 53.3 Å². The molecule has 0 fully saturated rings. The zero-order chi connectivity index (χ0) is 13.8. The maximum atomic E-state index is 5.69. The fourth-order valence-electron chi connectivity index (χ4n) is 2.26. The molecule has 0 aliphatic carbocycles. The standard InChI is InChI=1S/C16H22N2O/c1-5-19-16-9-7-6-8-15(16)14(4)17-18-12(2)10-11-13(18)3/h6-11,14,17H,5H2,1-4H3. The molecule has 102 valence electrons. The quantitative estimate of drug-likeness (QED) is 0.882. The molecular weight excluding hydrogens is 236 g/mol. The van der Waals surface area contributed by atoms with Gasteiger partial charge in [-0.15, -0.1) is 0 Å². The van der Waals surface area contributed by atoms with Gasteiger partial charge in [-0.05, 0) is 45.9 Å². The summed E-state index contributed by atoms with van der Waals surface area (Å²) in [6.07, 6.45) is 0. The van der Waals surface area contributed by atoms with Crippen molar-refractivity contribution >= 4 is 0 Å². The number of hydrogen-bond acceptors (Lipinski definition) is 2. The smallest absolute Gasteiger partial charge is 0.124 e. The van der Waals surface area contributed by atoms with Crippen LogP contribution in [0.3, 0.4) is 0 Å². The predicted molar refractivity (Wildman–Crippen MR) is 79.3 cm³/mol. The molecule has 1 aromatic carbocycles. The fraction of sp³-hybridized carbons (Fsp3) is 0.375. The normalized spacial score (nSPS) is 12.2. The molecule has 0 aliphatic rings. The first-order chi connectivity index (χ1) is 9.13. The van der Waals surface area contributed by atoms with Crippen LogP contribution in [-0.4, -0.2) is 11.3 Å². The number of hydrogen-bond donors (Lipinski definition) is 1. The molecule has 0 saturated heterocycles. The van der Waals surface area contributed by atoms with Crippen molar-refractivity contribution in [1.82, 2.24) is 4.68 Å². The molecule has 0 bridgehead atoms. The summed E-state index contributed by atoms with van der Waals surface area (Å²) < 4.78 is 7.81. The lowest BCUT2D eigenvalue weighted by Gasteiger charge is -2.21. The zero-order valence-electron chi connectivity index (χ0n) is 12.1. The van der Waals surface area contributed by atoms with Gasteiger partial charge in [0.25, 0.3) is 0 Å². The Morgan fingerprint density at radius 1 is 1.11 bits per heavy atom. The van der Waals surface area contributed by atoms with E-state index in [4.69, 9.17) is 4.74 Å². The van der Waals surface area contributed by atoms with E-state index < -0.39 is 0 Å². The summed E-state index contributed by atoms with van der Waals surface area (Å²) in [5, 5.41) is 0. The molecule has 19 heavy (non-hydrogen) atoms. The number of aromatic nitrogens is 1. The number of nitrogens with one attached hydrogen (secondary N) is 1. The molecule has 0 saturated carbocycles. The van der Waals surface area contributed by atoms with Crippen LogP contribution in [0.2, 0.25) is 0 Å². The van der Waals surface area contributed by atoms with Crippen LogP contribution >= 0.6 is 0 Å². The average Bonchev–Trinajstić information content (AvgIpc) is 2.71. The lowest BCUT2D eigenvalue weighted by molar-refractivity contribution is 0.335. The Hall–Kier alpha value is -1.90. The fourth-order valence-corrected chi connectivity index (χ4v) is 2.26. The van der Waals surface area contributed by atoms with Crippen LogP contribution in [0.15, 0.2) is 36.4 Å². The SMILES string of the molecule is CCOc1ccccc1C(C)Nn1c(C)ccc1C. The minimum Gasteiger partial charge on any atom is -0.494 e. The second-order valence-corrected chi connectivity index (χ2v) is 4.77. The summed E-state index contributed by atoms with van der Waals surface area (Å²) in [6, 6.07) is 12.6. The van der Waals surface area contributed by atoms with Crippen molar-refractivity contribution in [2.75, 3.05) is 12.0 Å². The zero-order valence-corrected chi connectivity index (χ0v) is 12.1. The van der Waals surface area contributed by atoms with Crippen LogP contribution in [0.25, 0.3) is 0 Å². The third-order valence-electron chi connectivity index (χ3n) is 3.28. The van der Waals surface area contributed by atoms with Gasteiger partial charge in [0.05, 0.1) is 12.6 Å². The van der Waals surface area contributed by atoms with E-state index in [1.165, 1.54) is 17.0 Å². The van der Waals surface area contributed by atoms with Crippen molar-refractivity contribution in [3.8, 4) is 5.75 Å². The van der Waals surface area contributed by atoms with Gasteiger partial charge in [-0.3, -0.25) is 4.68 Å². The molecular formula is C16H22N2O. The molecule has 0 amide bonds. The summed E-state index contributed by atoms with van der Waals surface area (Å²) in [4.78, 5) is 0. The molecule has 1 heterocycles. The highest BCUT2D eigenvalue weighted by atomic mass is 16.5. The largest absolute Gasteiger partial charge is 0.494 e. The summed E-state index contributed by atoms with van der Waals surface area (Å²) in [5.74, 6) is 0.951. The Labute approximate surface area is 115 Å². The van der Waals surface area contributed by atoms with Crippen molar-refractivity contribution in [2.45, 2.75) is 33.7 Å². The van der Waals surface area contributed by atoms with Gasteiger partial charge in [0.1, 0.15) is 5.75 Å². The highest BCUT2D eigenvalue weighted by Gasteiger charge is 2.12. The third-order valence-corrected chi connectivity index (χ3v) is 3.28. The van der Waals surface area contributed by atoms with E-state index >= 15 is 0 Å². The van der Waals surface area contributed by atoms with E-state index in [1.807, 2.05) is 25.1 Å². The number of aryl methyl sites for hydroxylation is 2. The third kappa shape index (κ3) is 2.92. The first-order valence-electron chi connectivity index (χ1n) is 6.76. The maximum Gasteiger partial charge on any atom is 0.124 e. The van der Waals surface area contributed by atoms with Crippen LogP contribution in [0.1, 0.15) is 36.8 Å². The number of benzene rings is 1. The number of nitrogens with zero attached hydrogens (tertiary/aromatic N) is 1. The Balaban J connectivity index is 2.23. The van der Waals surface area contributed by atoms with Gasteiger partial charge in [0.2, 0.25) is 0 Å². The second kappa shape index (κ2) is 5.83. The van der Waals surface area contributed by atoms with Gasteiger partial charge in [0.15, 0.2) is 0 Å². The van der Waals surface area contributed by atoms with Gasteiger partial charge in [-0.25, -0.2) is 0 Å². The lowest BCUT2D eigenvalue weighted by atomic mass is 10.1. The minimum absolute atomic E-state index is 0.188. The van der Waals surface area contributed by atoms with Crippen LogP contribution in [0, 0.1) is 13.8 Å². The number of rotatable bonds is 5. The predicted octanol–water partition coefficient (Wildman–Crippen LogP) is 3.81. The minimum atomic E-state index is 0.188.